The van der Waals surface area contributed by atoms with E-state index in [1.54, 1.807) is 14.0 Å². The number of likely N-dealkylation sites (N-methyl/N-ethyl adjacent to an activating group) is 1. The van der Waals surface area contributed by atoms with Crippen molar-refractivity contribution in [1.29, 1.82) is 5.26 Å². The maximum Gasteiger partial charge on any atom is 0.408 e. The topological polar surface area (TPSA) is 160 Å². The van der Waals surface area contributed by atoms with Gasteiger partial charge < -0.3 is 34.1 Å². The van der Waals surface area contributed by atoms with E-state index in [1.807, 2.05) is 50.1 Å². The molecule has 2 aliphatic carbocycles. The molecule has 13 nitrogen and oxygen atoms in total. The number of amides is 1. The van der Waals surface area contributed by atoms with Crippen LogP contribution in [0.3, 0.4) is 0 Å². The zero-order chi connectivity index (χ0) is 43.6. The SMILES string of the molecule is C=CCOC(=O)N[C@H](CSCC1c2ccccc2-c2ccccc21)C(=O)OC[C@H]1C2=C3OCOC3=C(C)C(=O)C2(O)CC2[C@H]3c4c(cc(C)c(OC)c4C)C[C@@H]([C@H](C#N)N21)N3C. The molecule has 9 rings (SSSR count). The van der Waals surface area contributed by atoms with Crippen molar-refractivity contribution >= 4 is 29.6 Å². The normalized spacial score (nSPS) is 26.3. The summed E-state index contributed by atoms with van der Waals surface area (Å²) in [5.41, 5.74) is 7.18. The second-order valence-electron chi connectivity index (χ2n) is 16.9. The highest BCUT2D eigenvalue weighted by atomic mass is 32.2. The molecule has 14 heteroatoms. The van der Waals surface area contributed by atoms with Crippen molar-refractivity contribution in [3.63, 3.8) is 0 Å². The molecule has 6 aliphatic rings. The number of aryl methyl sites for hydroxylation is 1. The summed E-state index contributed by atoms with van der Waals surface area (Å²) in [7, 11) is 3.63. The number of alkyl carbamates (subject to hydrolysis) is 1. The second-order valence-corrected chi connectivity index (χ2v) is 18.0. The molecular weight excluding hydrogens is 809 g/mol. The Balaban J connectivity index is 1.06. The molecule has 3 saturated heterocycles. The first kappa shape index (κ1) is 41.7. The van der Waals surface area contributed by atoms with Crippen molar-refractivity contribution in [2.45, 2.75) is 81.4 Å². The molecule has 2 unspecified atom stereocenters. The quantitative estimate of drug-likeness (QED) is 0.177. The average molecular weight is 859 g/mol. The minimum Gasteiger partial charge on any atom is -0.496 e. The number of thioether (sulfide) groups is 1. The van der Waals surface area contributed by atoms with Gasteiger partial charge in [0.2, 0.25) is 6.79 Å². The van der Waals surface area contributed by atoms with E-state index in [1.165, 1.54) is 40.1 Å². The number of esters is 1. The summed E-state index contributed by atoms with van der Waals surface area (Å²) in [6, 6.07) is 17.2. The fourth-order valence-corrected chi connectivity index (χ4v) is 12.3. The van der Waals surface area contributed by atoms with Crippen LogP contribution in [0.2, 0.25) is 0 Å². The lowest BCUT2D eigenvalue weighted by Crippen LogP contribution is -2.74. The zero-order valence-corrected chi connectivity index (χ0v) is 36.3. The second kappa shape index (κ2) is 16.3. The molecule has 62 heavy (non-hydrogen) atoms. The van der Waals surface area contributed by atoms with Gasteiger partial charge in [-0.2, -0.15) is 17.0 Å². The predicted molar refractivity (Wildman–Crippen MR) is 231 cm³/mol. The molecule has 2 bridgehead atoms. The maximum absolute atomic E-state index is 14.5. The Morgan fingerprint density at radius 1 is 1.08 bits per heavy atom. The minimum absolute atomic E-state index is 0.0541. The van der Waals surface area contributed by atoms with E-state index >= 15 is 0 Å². The minimum atomic E-state index is -2.07. The monoisotopic (exact) mass is 858 g/mol. The first-order chi connectivity index (χ1) is 29.9. The number of piperidine rings is 1. The Morgan fingerprint density at radius 2 is 1.77 bits per heavy atom. The number of ether oxygens (including phenoxy) is 5. The number of nitrogens with one attached hydrogen (secondary N) is 1. The lowest BCUT2D eigenvalue weighted by molar-refractivity contribution is -0.159. The molecule has 4 aliphatic heterocycles. The number of hydrogen-bond donors (Lipinski definition) is 2. The number of nitrogens with zero attached hydrogens (tertiary/aromatic N) is 3. The summed E-state index contributed by atoms with van der Waals surface area (Å²) in [5.74, 6) is 0.787. The van der Waals surface area contributed by atoms with Crippen LogP contribution >= 0.6 is 11.8 Å². The fourth-order valence-electron chi connectivity index (χ4n) is 11.1. The first-order valence-corrected chi connectivity index (χ1v) is 22.1. The smallest absolute Gasteiger partial charge is 0.408 e. The maximum atomic E-state index is 14.5. The summed E-state index contributed by atoms with van der Waals surface area (Å²) in [6.45, 7) is 8.67. The number of carbonyl (C=O) groups is 3. The first-order valence-electron chi connectivity index (χ1n) is 20.9. The summed E-state index contributed by atoms with van der Waals surface area (Å²) in [5, 5.41) is 26.7. The van der Waals surface area contributed by atoms with Crippen LogP contribution in [-0.4, -0.2) is 114 Å². The Kier molecular flexibility index (Phi) is 11.0. The number of benzene rings is 3. The van der Waals surface area contributed by atoms with Crippen LogP contribution in [0, 0.1) is 25.2 Å². The van der Waals surface area contributed by atoms with E-state index in [4.69, 9.17) is 23.7 Å². The van der Waals surface area contributed by atoms with Gasteiger partial charge in [0.15, 0.2) is 22.9 Å². The number of carbonyl (C=O) groups excluding carboxylic acids is 3. The Morgan fingerprint density at radius 3 is 2.45 bits per heavy atom. The van der Waals surface area contributed by atoms with Gasteiger partial charge in [-0.25, -0.2) is 9.59 Å². The molecule has 3 aromatic carbocycles. The molecule has 0 saturated carbocycles. The molecule has 322 valence electrons. The Labute approximate surface area is 365 Å². The van der Waals surface area contributed by atoms with Crippen LogP contribution in [-0.2, 0) is 35.0 Å². The average Bonchev–Trinajstić information content (AvgIpc) is 3.87. The van der Waals surface area contributed by atoms with Crippen molar-refractivity contribution in [3.8, 4) is 22.9 Å². The molecule has 2 N–H and O–H groups in total. The third-order valence-corrected chi connectivity index (χ3v) is 14.8. The molecule has 4 heterocycles. The molecule has 0 radical (unpaired) electrons. The number of rotatable bonds is 11. The van der Waals surface area contributed by atoms with Gasteiger partial charge in [0.1, 0.15) is 31.0 Å². The van der Waals surface area contributed by atoms with Crippen LogP contribution in [0.4, 0.5) is 4.79 Å². The van der Waals surface area contributed by atoms with E-state index in [-0.39, 0.29) is 72.8 Å². The van der Waals surface area contributed by atoms with Crippen LogP contribution in [0.5, 0.6) is 5.75 Å². The third kappa shape index (κ3) is 6.51. The molecule has 0 spiro atoms. The Bertz CT molecular complexity index is 2450. The van der Waals surface area contributed by atoms with Gasteiger partial charge >= 0.3 is 12.1 Å². The summed E-state index contributed by atoms with van der Waals surface area (Å²) >= 11 is 1.51. The molecular formula is C48H50N4O9S. The summed E-state index contributed by atoms with van der Waals surface area (Å²) in [4.78, 5) is 46.1. The number of hydrogen-bond acceptors (Lipinski definition) is 13. The van der Waals surface area contributed by atoms with E-state index in [0.29, 0.717) is 12.2 Å². The standard InChI is InChI=1S/C48H50N4O9S/c1-7-16-58-47(55)50-34(23-62-22-33-31-14-10-8-12-29(31)30-13-9-11-15-32(30)33)46(54)59-21-38-40-44-43(60-24-61-44)27(4)45(53)48(40,56)19-36-41-39-26(3)42(57-6)25(2)17-28(39)18-35(51(41)5)37(20-49)52(36)38/h7-15,17,33-38,41,56H,1,16,18-19,21-24H2,2-6H3,(H,50,55)/t34-,35+,36?,37+,38+,41+,48?/m1/s1. The Hall–Kier alpha value is -5.59. The van der Waals surface area contributed by atoms with Crippen molar-refractivity contribution in [2.24, 2.45) is 0 Å². The number of piperazine rings is 1. The number of aliphatic hydroxyl groups is 1. The molecule has 3 aromatic rings. The molecule has 3 fully saturated rings. The van der Waals surface area contributed by atoms with Gasteiger partial charge in [0.05, 0.1) is 25.3 Å². The summed E-state index contributed by atoms with van der Waals surface area (Å²) in [6.07, 6.45) is 1.14. The van der Waals surface area contributed by atoms with E-state index in [0.717, 1.165) is 28.0 Å². The molecule has 0 aromatic heterocycles. The lowest BCUT2D eigenvalue weighted by atomic mass is 9.64. The molecule has 1 amide bonds. The van der Waals surface area contributed by atoms with Crippen LogP contribution in [0.25, 0.3) is 11.1 Å². The fraction of sp³-hybridized carbons (Fsp3) is 0.417. The third-order valence-electron chi connectivity index (χ3n) is 13.7. The number of ketones is 1. The van der Waals surface area contributed by atoms with Gasteiger partial charge in [-0.05, 0) is 78.7 Å². The highest BCUT2D eigenvalue weighted by Crippen LogP contribution is 2.55. The van der Waals surface area contributed by atoms with Gasteiger partial charge in [-0.1, -0.05) is 67.3 Å². The summed E-state index contributed by atoms with van der Waals surface area (Å²) < 4.78 is 29.2. The van der Waals surface area contributed by atoms with Gasteiger partial charge in [0, 0.05) is 47.1 Å². The van der Waals surface area contributed by atoms with Crippen LogP contribution < -0.4 is 10.1 Å². The lowest BCUT2D eigenvalue weighted by Gasteiger charge is -2.62. The van der Waals surface area contributed by atoms with Gasteiger partial charge in [-0.3, -0.25) is 14.6 Å². The number of methoxy groups -OCH3 is 1. The number of fused-ring (bicyclic) bond motifs is 11. The van der Waals surface area contributed by atoms with E-state index in [9.17, 15) is 24.8 Å². The van der Waals surface area contributed by atoms with Crippen LogP contribution in [0.1, 0.15) is 58.7 Å². The highest BCUT2D eigenvalue weighted by molar-refractivity contribution is 7.99. The van der Waals surface area contributed by atoms with Gasteiger partial charge in [0.25, 0.3) is 0 Å². The molecule has 7 atom stereocenters. The van der Waals surface area contributed by atoms with Crippen molar-refractivity contribution in [3.05, 3.63) is 123 Å². The van der Waals surface area contributed by atoms with E-state index in [2.05, 4.69) is 53.2 Å². The van der Waals surface area contributed by atoms with Crippen molar-refractivity contribution < 1.29 is 43.2 Å². The number of nitriles is 1. The van der Waals surface area contributed by atoms with Crippen LogP contribution in [0.15, 0.2) is 89.9 Å². The predicted octanol–water partition coefficient (Wildman–Crippen LogP) is 5.77. The number of Topliss-reactive ketones (excluding diaryl/α,β-unsaturated/α-hetero) is 1. The van der Waals surface area contributed by atoms with E-state index < -0.39 is 47.6 Å². The largest absolute Gasteiger partial charge is 0.496 e. The van der Waals surface area contributed by atoms with Gasteiger partial charge in [-0.15, -0.1) is 0 Å². The zero-order valence-electron chi connectivity index (χ0n) is 35.4. The van der Waals surface area contributed by atoms with Crippen molar-refractivity contribution in [2.75, 3.05) is 45.7 Å². The highest BCUT2D eigenvalue weighted by Gasteiger charge is 2.64. The van der Waals surface area contributed by atoms with Crippen molar-refractivity contribution in [1.82, 2.24) is 15.1 Å².